The molecule has 8 rings (SSSR count). The van der Waals surface area contributed by atoms with Crippen molar-refractivity contribution in [2.45, 2.75) is 76.2 Å². The molecule has 3 amide bonds. The van der Waals surface area contributed by atoms with Gasteiger partial charge in [0.25, 0.3) is 11.8 Å². The second-order valence-electron chi connectivity index (χ2n) is 14.7. The highest BCUT2D eigenvalue weighted by molar-refractivity contribution is 6.04. The Labute approximate surface area is 277 Å². The first-order valence-corrected chi connectivity index (χ1v) is 17.3. The zero-order chi connectivity index (χ0) is 33.2. The van der Waals surface area contributed by atoms with Gasteiger partial charge in [-0.15, -0.1) is 0 Å². The van der Waals surface area contributed by atoms with E-state index in [1.807, 2.05) is 23.0 Å². The lowest BCUT2D eigenvalue weighted by Gasteiger charge is -2.38. The molecule has 3 aromatic rings. The number of likely N-dealkylation sites (tertiary alicyclic amines) is 1. The maximum Gasteiger partial charge on any atom is 0.276 e. The standard InChI is InChI=1S/C35H42F2N8O3/c1-34-17-28-27(16-29(34)35(34,36)37)31(42-41-28)33(48)39-23-18-38-45(20-23)25-10-12-43(13-11-25)19-21-8-14-44(15-9-21)24-4-2-22(3-5-24)26-6-7-30(46)40-32(26)47/h2-5,18,20-21,25-26,29H,6-17,19H2,1H3,(H,39,48)(H,41,42)(H,40,46,47)/t26-,29+,34-/m1/s1. The number of fused-ring (bicyclic) bond motifs is 2. The van der Waals surface area contributed by atoms with E-state index in [1.54, 1.807) is 13.1 Å². The minimum atomic E-state index is -2.70. The van der Waals surface area contributed by atoms with Gasteiger partial charge < -0.3 is 15.1 Å². The third-order valence-corrected chi connectivity index (χ3v) is 11.8. The number of alkyl halides is 2. The number of benzene rings is 1. The van der Waals surface area contributed by atoms with E-state index in [0.29, 0.717) is 35.7 Å². The average molecular weight is 661 g/mol. The van der Waals surface area contributed by atoms with Crippen molar-refractivity contribution in [2.24, 2.45) is 17.3 Å². The van der Waals surface area contributed by atoms with Crippen LogP contribution in [0.3, 0.4) is 0 Å². The van der Waals surface area contributed by atoms with Gasteiger partial charge in [0.05, 0.1) is 23.8 Å². The summed E-state index contributed by atoms with van der Waals surface area (Å²) in [6.45, 7) is 6.72. The Morgan fingerprint density at radius 1 is 1.04 bits per heavy atom. The molecule has 0 bridgehead atoms. The molecule has 3 atom stereocenters. The Morgan fingerprint density at radius 2 is 1.79 bits per heavy atom. The van der Waals surface area contributed by atoms with Gasteiger partial charge in [0.15, 0.2) is 5.69 Å². The number of nitrogens with zero attached hydrogens (tertiary/aromatic N) is 5. The number of H-pyrrole nitrogens is 1. The van der Waals surface area contributed by atoms with Gasteiger partial charge >= 0.3 is 0 Å². The Bertz CT molecular complexity index is 1720. The van der Waals surface area contributed by atoms with Crippen LogP contribution in [0.1, 0.15) is 84.7 Å². The average Bonchev–Trinajstić information content (AvgIpc) is 3.50. The van der Waals surface area contributed by atoms with Gasteiger partial charge in [-0.1, -0.05) is 19.1 Å². The van der Waals surface area contributed by atoms with Crippen molar-refractivity contribution in [3.05, 3.63) is 59.2 Å². The van der Waals surface area contributed by atoms with Crippen LogP contribution in [0.25, 0.3) is 0 Å². The molecule has 0 spiro atoms. The van der Waals surface area contributed by atoms with Crippen molar-refractivity contribution in [2.75, 3.05) is 42.9 Å². The van der Waals surface area contributed by atoms with Gasteiger partial charge in [-0.3, -0.25) is 29.5 Å². The number of carbonyl (C=O) groups excluding carboxylic acids is 3. The number of hydrogen-bond acceptors (Lipinski definition) is 7. The van der Waals surface area contributed by atoms with E-state index >= 15 is 0 Å². The first-order chi connectivity index (χ1) is 23.1. The van der Waals surface area contributed by atoms with Crippen LogP contribution in [0.15, 0.2) is 36.7 Å². The summed E-state index contributed by atoms with van der Waals surface area (Å²) < 4.78 is 30.6. The smallest absolute Gasteiger partial charge is 0.276 e. The van der Waals surface area contributed by atoms with Crippen molar-refractivity contribution in [1.82, 2.24) is 30.2 Å². The van der Waals surface area contributed by atoms with Crippen molar-refractivity contribution >= 4 is 29.1 Å². The minimum absolute atomic E-state index is 0.164. The molecule has 1 saturated carbocycles. The van der Waals surface area contributed by atoms with E-state index in [-0.39, 0.29) is 42.3 Å². The fraction of sp³-hybridized carbons (Fsp3) is 0.571. The number of anilines is 2. The molecule has 1 aromatic carbocycles. The predicted molar refractivity (Wildman–Crippen MR) is 174 cm³/mol. The molecule has 5 heterocycles. The molecule has 3 aliphatic heterocycles. The summed E-state index contributed by atoms with van der Waals surface area (Å²) in [6.07, 6.45) is 9.06. The molecule has 3 N–H and O–H groups in total. The quantitative estimate of drug-likeness (QED) is 0.323. The highest BCUT2D eigenvalue weighted by Crippen LogP contribution is 2.70. The molecular formula is C35H42F2N8O3. The number of carbonyl (C=O) groups is 3. The largest absolute Gasteiger partial charge is 0.372 e. The van der Waals surface area contributed by atoms with Gasteiger partial charge in [0.1, 0.15) is 0 Å². The number of halogens is 2. The fourth-order valence-corrected chi connectivity index (χ4v) is 8.62. The number of amides is 3. The molecule has 0 radical (unpaired) electrons. The van der Waals surface area contributed by atoms with Crippen LogP contribution < -0.4 is 15.5 Å². The van der Waals surface area contributed by atoms with E-state index in [2.05, 4.69) is 47.9 Å². The molecule has 2 aliphatic carbocycles. The number of imide groups is 1. The first-order valence-electron chi connectivity index (χ1n) is 17.3. The molecular weight excluding hydrogens is 618 g/mol. The number of aromatic nitrogens is 4. The van der Waals surface area contributed by atoms with Gasteiger partial charge in [0, 0.05) is 80.0 Å². The van der Waals surface area contributed by atoms with Crippen LogP contribution in [0, 0.1) is 17.3 Å². The Kier molecular flexibility index (Phi) is 7.65. The fourth-order valence-electron chi connectivity index (χ4n) is 8.62. The van der Waals surface area contributed by atoms with E-state index in [9.17, 15) is 23.2 Å². The third-order valence-electron chi connectivity index (χ3n) is 11.8. The Balaban J connectivity index is 0.784. The number of piperidine rings is 3. The summed E-state index contributed by atoms with van der Waals surface area (Å²) in [6, 6.07) is 8.52. The number of hydrogen-bond donors (Lipinski definition) is 3. The summed E-state index contributed by atoms with van der Waals surface area (Å²) >= 11 is 0. The monoisotopic (exact) mass is 660 g/mol. The summed E-state index contributed by atoms with van der Waals surface area (Å²) in [5.74, 6) is -3.82. The third kappa shape index (κ3) is 5.49. The maximum atomic E-state index is 14.3. The van der Waals surface area contributed by atoms with Crippen LogP contribution >= 0.6 is 0 Å². The summed E-state index contributed by atoms with van der Waals surface area (Å²) in [7, 11) is 0. The number of nitrogens with one attached hydrogen (secondary N) is 3. The van der Waals surface area contributed by atoms with E-state index in [4.69, 9.17) is 0 Å². The molecule has 2 aromatic heterocycles. The molecule has 13 heteroatoms. The second kappa shape index (κ2) is 11.8. The Morgan fingerprint density at radius 3 is 2.52 bits per heavy atom. The molecule has 48 heavy (non-hydrogen) atoms. The van der Waals surface area contributed by atoms with Crippen LogP contribution in [0.5, 0.6) is 0 Å². The van der Waals surface area contributed by atoms with Crippen molar-refractivity contribution < 1.29 is 23.2 Å². The lowest BCUT2D eigenvalue weighted by atomic mass is 9.87. The van der Waals surface area contributed by atoms with Crippen molar-refractivity contribution in [3.63, 3.8) is 0 Å². The zero-order valence-electron chi connectivity index (χ0n) is 27.2. The number of rotatable bonds is 7. The van der Waals surface area contributed by atoms with Gasteiger partial charge in [0.2, 0.25) is 11.8 Å². The van der Waals surface area contributed by atoms with E-state index in [0.717, 1.165) is 64.0 Å². The van der Waals surface area contributed by atoms with Crippen LogP contribution in [-0.2, 0) is 22.4 Å². The first kappa shape index (κ1) is 31.2. The van der Waals surface area contributed by atoms with Gasteiger partial charge in [-0.2, -0.15) is 10.2 Å². The van der Waals surface area contributed by atoms with Gasteiger partial charge in [-0.05, 0) is 62.1 Å². The molecule has 5 aliphatic rings. The molecule has 4 fully saturated rings. The topological polar surface area (TPSA) is 128 Å². The predicted octanol–water partition coefficient (Wildman–Crippen LogP) is 4.30. The molecule has 3 saturated heterocycles. The lowest BCUT2D eigenvalue weighted by Crippen LogP contribution is -2.42. The number of aromatic amines is 1. The lowest BCUT2D eigenvalue weighted by molar-refractivity contribution is -0.134. The van der Waals surface area contributed by atoms with E-state index < -0.39 is 23.2 Å². The summed E-state index contributed by atoms with van der Waals surface area (Å²) in [5, 5.41) is 16.9. The maximum absolute atomic E-state index is 14.3. The normalized spacial score (nSPS) is 27.7. The summed E-state index contributed by atoms with van der Waals surface area (Å²) in [4.78, 5) is 41.8. The highest BCUT2D eigenvalue weighted by Gasteiger charge is 2.78. The van der Waals surface area contributed by atoms with E-state index in [1.165, 1.54) is 5.69 Å². The van der Waals surface area contributed by atoms with Crippen LogP contribution in [0.4, 0.5) is 20.2 Å². The second-order valence-corrected chi connectivity index (χ2v) is 14.7. The van der Waals surface area contributed by atoms with Crippen LogP contribution in [0.2, 0.25) is 0 Å². The van der Waals surface area contributed by atoms with Crippen LogP contribution in [-0.4, -0.2) is 81.2 Å². The highest BCUT2D eigenvalue weighted by atomic mass is 19.3. The van der Waals surface area contributed by atoms with Crippen molar-refractivity contribution in [3.8, 4) is 0 Å². The molecule has 254 valence electrons. The summed E-state index contributed by atoms with van der Waals surface area (Å²) in [5.41, 5.74) is 3.14. The van der Waals surface area contributed by atoms with Crippen molar-refractivity contribution in [1.29, 1.82) is 0 Å². The molecule has 11 nitrogen and oxygen atoms in total. The Hall–Kier alpha value is -4.13. The SMILES string of the molecule is C[C@@]12Cc3[nH]nc(C(=O)Nc4cnn(C5CCN(CC6CCN(c7ccc([C@H]8CCC(=O)NC8=O)cc7)CC6)CC5)c4)c3C[C@@H]1C2(F)F. The van der Waals surface area contributed by atoms with Gasteiger partial charge in [-0.25, -0.2) is 8.78 Å². The minimum Gasteiger partial charge on any atom is -0.372 e. The molecule has 0 unspecified atom stereocenters. The zero-order valence-corrected chi connectivity index (χ0v) is 27.2.